The standard InChI is InChI=1S/C24H24N6/c1-15(2)26-13-16-9-17-3-4-18(11-19(17)10-16)24-25-8-7-23(29-24)28-21-5-6-22-20(12-21)14-27-30-22/h3-9,11-12,14-15,26H,10,13H2,1-2H3,(H,27,30)(H,25,28,29). The molecule has 0 unspecified atom stereocenters. The van der Waals surface area contributed by atoms with Crippen LogP contribution in [-0.4, -0.2) is 32.8 Å². The summed E-state index contributed by atoms with van der Waals surface area (Å²) in [5, 5.41) is 15.0. The average Bonchev–Trinajstić information content (AvgIpc) is 3.38. The molecule has 2 aromatic carbocycles. The number of aromatic nitrogens is 4. The third-order valence-electron chi connectivity index (χ3n) is 5.28. The van der Waals surface area contributed by atoms with Gasteiger partial charge in [0.05, 0.1) is 11.7 Å². The van der Waals surface area contributed by atoms with Crippen molar-refractivity contribution in [3.63, 3.8) is 0 Å². The predicted octanol–water partition coefficient (Wildman–Crippen LogP) is 4.70. The molecule has 0 spiro atoms. The summed E-state index contributed by atoms with van der Waals surface area (Å²) in [5.74, 6) is 1.49. The van der Waals surface area contributed by atoms with E-state index in [-0.39, 0.29) is 0 Å². The van der Waals surface area contributed by atoms with E-state index in [1.54, 1.807) is 6.20 Å². The zero-order chi connectivity index (χ0) is 20.5. The molecule has 30 heavy (non-hydrogen) atoms. The lowest BCUT2D eigenvalue weighted by Crippen LogP contribution is -2.24. The lowest BCUT2D eigenvalue weighted by molar-refractivity contribution is 0.619. The molecular formula is C24H24N6. The van der Waals surface area contributed by atoms with Gasteiger partial charge in [-0.25, -0.2) is 9.97 Å². The Kier molecular flexibility index (Phi) is 4.77. The van der Waals surface area contributed by atoms with Crippen molar-refractivity contribution >= 4 is 28.5 Å². The first-order valence-electron chi connectivity index (χ1n) is 10.2. The molecule has 3 N–H and O–H groups in total. The van der Waals surface area contributed by atoms with E-state index in [9.17, 15) is 0 Å². The number of nitrogens with zero attached hydrogens (tertiary/aromatic N) is 3. The number of fused-ring (bicyclic) bond motifs is 2. The Hall–Kier alpha value is -3.51. The number of H-pyrrole nitrogens is 1. The number of anilines is 2. The second-order valence-corrected chi connectivity index (χ2v) is 7.99. The molecule has 2 heterocycles. The van der Waals surface area contributed by atoms with Crippen LogP contribution >= 0.6 is 0 Å². The van der Waals surface area contributed by atoms with Gasteiger partial charge >= 0.3 is 0 Å². The molecule has 150 valence electrons. The van der Waals surface area contributed by atoms with Crippen LogP contribution in [0.15, 0.2) is 60.4 Å². The number of hydrogen-bond donors (Lipinski definition) is 3. The summed E-state index contributed by atoms with van der Waals surface area (Å²) in [7, 11) is 0. The quantitative estimate of drug-likeness (QED) is 0.440. The van der Waals surface area contributed by atoms with Gasteiger partial charge in [-0.3, -0.25) is 5.10 Å². The fraction of sp³-hybridized carbons (Fsp3) is 0.208. The van der Waals surface area contributed by atoms with E-state index >= 15 is 0 Å². The number of benzene rings is 2. The van der Waals surface area contributed by atoms with Gasteiger partial charge in [-0.2, -0.15) is 5.10 Å². The smallest absolute Gasteiger partial charge is 0.161 e. The molecule has 0 atom stereocenters. The second-order valence-electron chi connectivity index (χ2n) is 7.99. The van der Waals surface area contributed by atoms with Crippen molar-refractivity contribution < 1.29 is 0 Å². The van der Waals surface area contributed by atoms with Crippen molar-refractivity contribution in [1.29, 1.82) is 0 Å². The fourth-order valence-electron chi connectivity index (χ4n) is 3.74. The van der Waals surface area contributed by atoms with Gasteiger partial charge in [-0.1, -0.05) is 37.6 Å². The fourth-order valence-corrected chi connectivity index (χ4v) is 3.74. The average molecular weight is 396 g/mol. The Morgan fingerprint density at radius 1 is 1.10 bits per heavy atom. The molecule has 0 saturated heterocycles. The number of nitrogens with one attached hydrogen (secondary N) is 3. The minimum atomic E-state index is 0.489. The van der Waals surface area contributed by atoms with E-state index in [1.165, 1.54) is 16.7 Å². The first kappa shape index (κ1) is 18.5. The first-order valence-corrected chi connectivity index (χ1v) is 10.2. The molecule has 0 fully saturated rings. The van der Waals surface area contributed by atoms with Crippen LogP contribution in [0, 0.1) is 0 Å². The highest BCUT2D eigenvalue weighted by molar-refractivity contribution is 5.82. The zero-order valence-corrected chi connectivity index (χ0v) is 17.1. The normalized spacial score (nSPS) is 13.0. The summed E-state index contributed by atoms with van der Waals surface area (Å²) in [4.78, 5) is 9.24. The van der Waals surface area contributed by atoms with Crippen LogP contribution in [0.3, 0.4) is 0 Å². The minimum absolute atomic E-state index is 0.489. The summed E-state index contributed by atoms with van der Waals surface area (Å²) in [5.41, 5.74) is 7.06. The molecule has 0 amide bonds. The molecule has 6 heteroatoms. The van der Waals surface area contributed by atoms with E-state index in [0.717, 1.165) is 46.8 Å². The Morgan fingerprint density at radius 3 is 2.93 bits per heavy atom. The van der Waals surface area contributed by atoms with Crippen LogP contribution in [0.2, 0.25) is 0 Å². The Bertz CT molecular complexity index is 1240. The van der Waals surface area contributed by atoms with Gasteiger partial charge in [0.25, 0.3) is 0 Å². The van der Waals surface area contributed by atoms with Gasteiger partial charge in [0.15, 0.2) is 5.82 Å². The number of aromatic amines is 1. The van der Waals surface area contributed by atoms with Crippen molar-refractivity contribution in [3.8, 4) is 11.4 Å². The van der Waals surface area contributed by atoms with Gasteiger partial charge in [0.2, 0.25) is 0 Å². The summed E-state index contributed by atoms with van der Waals surface area (Å²) >= 11 is 0. The topological polar surface area (TPSA) is 78.5 Å². The third-order valence-corrected chi connectivity index (χ3v) is 5.28. The van der Waals surface area contributed by atoms with Gasteiger partial charge in [-0.05, 0) is 47.9 Å². The highest BCUT2D eigenvalue weighted by atomic mass is 15.1. The van der Waals surface area contributed by atoms with Crippen LogP contribution in [-0.2, 0) is 6.42 Å². The molecule has 1 aliphatic carbocycles. The van der Waals surface area contributed by atoms with Crippen LogP contribution in [0.4, 0.5) is 11.5 Å². The third kappa shape index (κ3) is 3.82. The zero-order valence-electron chi connectivity index (χ0n) is 17.1. The molecule has 6 nitrogen and oxygen atoms in total. The maximum absolute atomic E-state index is 4.74. The van der Waals surface area contributed by atoms with Gasteiger partial charge in [0, 0.05) is 35.4 Å². The molecule has 4 aromatic rings. The van der Waals surface area contributed by atoms with Crippen molar-refractivity contribution in [2.45, 2.75) is 26.3 Å². The molecule has 0 saturated carbocycles. The van der Waals surface area contributed by atoms with Crippen molar-refractivity contribution in [3.05, 3.63) is 71.6 Å². The van der Waals surface area contributed by atoms with E-state index in [4.69, 9.17) is 4.98 Å². The highest BCUT2D eigenvalue weighted by Gasteiger charge is 2.15. The summed E-state index contributed by atoms with van der Waals surface area (Å²) in [6.45, 7) is 5.28. The molecule has 0 aliphatic heterocycles. The van der Waals surface area contributed by atoms with Crippen molar-refractivity contribution in [2.24, 2.45) is 0 Å². The molecule has 1 aliphatic rings. The summed E-state index contributed by atoms with van der Waals surface area (Å²) in [6, 6.07) is 14.9. The minimum Gasteiger partial charge on any atom is -0.340 e. The monoisotopic (exact) mass is 396 g/mol. The van der Waals surface area contributed by atoms with Gasteiger partial charge in [-0.15, -0.1) is 0 Å². The highest BCUT2D eigenvalue weighted by Crippen LogP contribution is 2.29. The van der Waals surface area contributed by atoms with Crippen LogP contribution in [0.1, 0.15) is 25.0 Å². The van der Waals surface area contributed by atoms with E-state index in [0.29, 0.717) is 6.04 Å². The number of rotatable bonds is 6. The van der Waals surface area contributed by atoms with Crippen molar-refractivity contribution in [1.82, 2.24) is 25.5 Å². The Morgan fingerprint density at radius 2 is 2.03 bits per heavy atom. The summed E-state index contributed by atoms with van der Waals surface area (Å²) < 4.78 is 0. The SMILES string of the molecule is CC(C)NCC1=Cc2ccc(-c3nccc(Nc4ccc5[nH]ncc5c4)n3)cc2C1. The largest absolute Gasteiger partial charge is 0.340 e. The van der Waals surface area contributed by atoms with E-state index in [1.807, 2.05) is 24.4 Å². The number of hydrogen-bond acceptors (Lipinski definition) is 5. The maximum atomic E-state index is 4.74. The maximum Gasteiger partial charge on any atom is 0.161 e. The summed E-state index contributed by atoms with van der Waals surface area (Å²) in [6.07, 6.45) is 6.88. The first-order chi connectivity index (χ1) is 14.6. The molecule has 0 bridgehead atoms. The molecule has 5 rings (SSSR count). The van der Waals surface area contributed by atoms with Crippen LogP contribution in [0.5, 0.6) is 0 Å². The van der Waals surface area contributed by atoms with Gasteiger partial charge in [0.1, 0.15) is 5.82 Å². The molecule has 2 aromatic heterocycles. The Labute approximate surface area is 175 Å². The molecule has 0 radical (unpaired) electrons. The molecular weight excluding hydrogens is 372 g/mol. The van der Waals surface area contributed by atoms with Gasteiger partial charge < -0.3 is 10.6 Å². The van der Waals surface area contributed by atoms with Crippen LogP contribution in [0.25, 0.3) is 28.4 Å². The van der Waals surface area contributed by atoms with Crippen molar-refractivity contribution in [2.75, 3.05) is 11.9 Å². The van der Waals surface area contributed by atoms with Crippen LogP contribution < -0.4 is 10.6 Å². The van der Waals surface area contributed by atoms with E-state index in [2.05, 4.69) is 70.0 Å². The Balaban J connectivity index is 1.35. The second kappa shape index (κ2) is 7.72. The lowest BCUT2D eigenvalue weighted by atomic mass is 10.0. The lowest BCUT2D eigenvalue weighted by Gasteiger charge is -2.09. The predicted molar refractivity (Wildman–Crippen MR) is 122 cm³/mol. The van der Waals surface area contributed by atoms with E-state index < -0.39 is 0 Å².